The number of nitrogens with one attached hydrogen (secondary N) is 1. The van der Waals surface area contributed by atoms with E-state index in [0.29, 0.717) is 6.04 Å². The molecule has 1 aliphatic carbocycles. The first-order valence-electron chi connectivity index (χ1n) is 5.72. The Labute approximate surface area is 95.0 Å². The van der Waals surface area contributed by atoms with Gasteiger partial charge in [0.2, 0.25) is 5.91 Å². The lowest BCUT2D eigenvalue weighted by atomic mass is 10.1. The largest absolute Gasteiger partial charge is 0.350 e. The van der Waals surface area contributed by atoms with Crippen LogP contribution in [0.1, 0.15) is 32.2 Å². The number of imidazole rings is 1. The van der Waals surface area contributed by atoms with E-state index in [0.717, 1.165) is 19.3 Å². The van der Waals surface area contributed by atoms with Crippen LogP contribution in [-0.4, -0.2) is 27.5 Å². The number of nitrogens with zero attached hydrogens (tertiary/aromatic N) is 2. The molecule has 5 nitrogen and oxygen atoms in total. The number of carbonyl (C=O) groups excluding carboxylic acids is 1. The first kappa shape index (κ1) is 11.1. The Morgan fingerprint density at radius 1 is 1.62 bits per heavy atom. The molecule has 2 unspecified atom stereocenters. The molecule has 1 aromatic rings. The summed E-state index contributed by atoms with van der Waals surface area (Å²) in [5, 5.41) is 3.00. The Kier molecular flexibility index (Phi) is 3.24. The van der Waals surface area contributed by atoms with Gasteiger partial charge in [0.1, 0.15) is 0 Å². The quantitative estimate of drug-likeness (QED) is 0.779. The molecular formula is C11H18N4O. The molecule has 16 heavy (non-hydrogen) atoms. The van der Waals surface area contributed by atoms with Crippen molar-refractivity contribution in [2.45, 2.75) is 44.3 Å². The molecule has 1 fully saturated rings. The van der Waals surface area contributed by atoms with E-state index in [1.54, 1.807) is 19.4 Å². The second-order valence-corrected chi connectivity index (χ2v) is 4.41. The van der Waals surface area contributed by atoms with Gasteiger partial charge in [-0.2, -0.15) is 0 Å². The normalized spacial score (nSPS) is 26.6. The van der Waals surface area contributed by atoms with Crippen molar-refractivity contribution in [2.75, 3.05) is 0 Å². The van der Waals surface area contributed by atoms with Crippen LogP contribution in [0.3, 0.4) is 0 Å². The second-order valence-electron chi connectivity index (χ2n) is 4.41. The Morgan fingerprint density at radius 2 is 2.44 bits per heavy atom. The SMILES string of the molecule is C[C@H](N)C(=O)NC1CCCC1n1ccnc1. The summed E-state index contributed by atoms with van der Waals surface area (Å²) in [4.78, 5) is 15.6. The number of aromatic nitrogens is 2. The van der Waals surface area contributed by atoms with Gasteiger partial charge in [0.25, 0.3) is 0 Å². The van der Waals surface area contributed by atoms with Gasteiger partial charge in [-0.05, 0) is 26.2 Å². The first-order valence-corrected chi connectivity index (χ1v) is 5.72. The maximum Gasteiger partial charge on any atom is 0.236 e. The summed E-state index contributed by atoms with van der Waals surface area (Å²) in [6.07, 6.45) is 8.75. The molecule has 1 aromatic heterocycles. The van der Waals surface area contributed by atoms with Crippen molar-refractivity contribution >= 4 is 5.91 Å². The van der Waals surface area contributed by atoms with Crippen LogP contribution in [0.2, 0.25) is 0 Å². The van der Waals surface area contributed by atoms with Crippen molar-refractivity contribution in [3.8, 4) is 0 Å². The molecule has 1 aliphatic rings. The minimum atomic E-state index is -0.441. The van der Waals surface area contributed by atoms with Gasteiger partial charge in [-0.15, -0.1) is 0 Å². The molecule has 0 saturated heterocycles. The van der Waals surface area contributed by atoms with E-state index < -0.39 is 6.04 Å². The fraction of sp³-hybridized carbons (Fsp3) is 0.636. The maximum absolute atomic E-state index is 11.6. The number of rotatable bonds is 3. The zero-order valence-corrected chi connectivity index (χ0v) is 9.47. The average Bonchev–Trinajstić information content (AvgIpc) is 2.85. The van der Waals surface area contributed by atoms with Crippen LogP contribution in [0.5, 0.6) is 0 Å². The topological polar surface area (TPSA) is 72.9 Å². The Bertz CT molecular complexity index is 347. The highest BCUT2D eigenvalue weighted by molar-refractivity contribution is 5.81. The van der Waals surface area contributed by atoms with Crippen LogP contribution in [-0.2, 0) is 4.79 Å². The summed E-state index contributed by atoms with van der Waals surface area (Å²) in [6.45, 7) is 1.70. The van der Waals surface area contributed by atoms with Crippen LogP contribution < -0.4 is 11.1 Å². The third-order valence-electron chi connectivity index (χ3n) is 3.13. The summed E-state index contributed by atoms with van der Waals surface area (Å²) in [6, 6.07) is 0.0712. The van der Waals surface area contributed by atoms with Gasteiger partial charge in [-0.25, -0.2) is 4.98 Å². The molecular weight excluding hydrogens is 204 g/mol. The van der Waals surface area contributed by atoms with E-state index in [1.165, 1.54) is 0 Å². The molecule has 1 heterocycles. The first-order chi connectivity index (χ1) is 7.68. The number of hydrogen-bond donors (Lipinski definition) is 2. The Balaban J connectivity index is 2.01. The fourth-order valence-corrected chi connectivity index (χ4v) is 2.25. The molecule has 5 heteroatoms. The Morgan fingerprint density at radius 3 is 3.06 bits per heavy atom. The monoisotopic (exact) mass is 222 g/mol. The van der Waals surface area contributed by atoms with Crippen LogP contribution in [0.4, 0.5) is 0 Å². The van der Waals surface area contributed by atoms with Gasteiger partial charge >= 0.3 is 0 Å². The minimum Gasteiger partial charge on any atom is -0.350 e. The van der Waals surface area contributed by atoms with Crippen LogP contribution >= 0.6 is 0 Å². The number of amides is 1. The van der Waals surface area contributed by atoms with Crippen LogP contribution in [0.25, 0.3) is 0 Å². The molecule has 0 bridgehead atoms. The third-order valence-corrected chi connectivity index (χ3v) is 3.13. The van der Waals surface area contributed by atoms with Gasteiger partial charge in [0, 0.05) is 18.4 Å². The lowest BCUT2D eigenvalue weighted by Gasteiger charge is -2.22. The van der Waals surface area contributed by atoms with Crippen LogP contribution in [0.15, 0.2) is 18.7 Å². The van der Waals surface area contributed by atoms with E-state index in [-0.39, 0.29) is 11.9 Å². The highest BCUT2D eigenvalue weighted by atomic mass is 16.2. The summed E-state index contributed by atoms with van der Waals surface area (Å²) in [5.74, 6) is -0.0722. The minimum absolute atomic E-state index is 0.0722. The summed E-state index contributed by atoms with van der Waals surface area (Å²) < 4.78 is 2.07. The number of hydrogen-bond acceptors (Lipinski definition) is 3. The van der Waals surface area contributed by atoms with Gasteiger partial charge < -0.3 is 15.6 Å². The summed E-state index contributed by atoms with van der Waals surface area (Å²) in [5.41, 5.74) is 5.55. The molecule has 0 aliphatic heterocycles. The van der Waals surface area contributed by atoms with Crippen molar-refractivity contribution in [3.63, 3.8) is 0 Å². The lowest BCUT2D eigenvalue weighted by Crippen LogP contribution is -2.45. The summed E-state index contributed by atoms with van der Waals surface area (Å²) >= 11 is 0. The molecule has 0 spiro atoms. The molecule has 3 atom stereocenters. The molecule has 88 valence electrons. The second kappa shape index (κ2) is 4.65. The van der Waals surface area contributed by atoms with E-state index in [1.807, 2.05) is 6.20 Å². The molecule has 3 N–H and O–H groups in total. The van der Waals surface area contributed by atoms with Crippen molar-refractivity contribution in [1.29, 1.82) is 0 Å². The van der Waals surface area contributed by atoms with Crippen molar-refractivity contribution in [3.05, 3.63) is 18.7 Å². The molecule has 2 rings (SSSR count). The molecule has 0 radical (unpaired) electrons. The molecule has 0 aromatic carbocycles. The van der Waals surface area contributed by atoms with Crippen molar-refractivity contribution in [1.82, 2.24) is 14.9 Å². The average molecular weight is 222 g/mol. The van der Waals surface area contributed by atoms with Crippen molar-refractivity contribution in [2.24, 2.45) is 5.73 Å². The maximum atomic E-state index is 11.6. The fourth-order valence-electron chi connectivity index (χ4n) is 2.25. The Hall–Kier alpha value is -1.36. The number of carbonyl (C=O) groups is 1. The van der Waals surface area contributed by atoms with Gasteiger partial charge in [0.15, 0.2) is 0 Å². The smallest absolute Gasteiger partial charge is 0.236 e. The predicted molar refractivity (Wildman–Crippen MR) is 60.7 cm³/mol. The van der Waals surface area contributed by atoms with E-state index >= 15 is 0 Å². The van der Waals surface area contributed by atoms with Gasteiger partial charge in [0.05, 0.1) is 18.4 Å². The standard InChI is InChI=1S/C11H18N4O/c1-8(12)11(16)14-9-3-2-4-10(9)15-6-5-13-7-15/h5-10H,2-4,12H2,1H3,(H,14,16)/t8-,9?,10?/m0/s1. The predicted octanol–water partition coefficient (Wildman–Crippen LogP) is 0.440. The van der Waals surface area contributed by atoms with E-state index in [9.17, 15) is 4.79 Å². The lowest BCUT2D eigenvalue weighted by molar-refractivity contribution is -0.122. The van der Waals surface area contributed by atoms with E-state index in [4.69, 9.17) is 5.73 Å². The highest BCUT2D eigenvalue weighted by Crippen LogP contribution is 2.29. The zero-order chi connectivity index (χ0) is 11.5. The van der Waals surface area contributed by atoms with Gasteiger partial charge in [-0.3, -0.25) is 4.79 Å². The molecule has 1 amide bonds. The van der Waals surface area contributed by atoms with Crippen molar-refractivity contribution < 1.29 is 4.79 Å². The summed E-state index contributed by atoms with van der Waals surface area (Å²) in [7, 11) is 0. The van der Waals surface area contributed by atoms with Gasteiger partial charge in [-0.1, -0.05) is 0 Å². The zero-order valence-electron chi connectivity index (χ0n) is 9.47. The highest BCUT2D eigenvalue weighted by Gasteiger charge is 2.29. The van der Waals surface area contributed by atoms with E-state index in [2.05, 4.69) is 14.9 Å². The number of nitrogens with two attached hydrogens (primary N) is 1. The van der Waals surface area contributed by atoms with Crippen LogP contribution in [0, 0.1) is 0 Å². The third kappa shape index (κ3) is 2.24. The molecule has 1 saturated carbocycles.